The minimum absolute atomic E-state index is 0. The second kappa shape index (κ2) is 13.3. The first kappa shape index (κ1) is 26.8. The fraction of sp³-hybridized carbons (Fsp3) is 0.259. The lowest BCUT2D eigenvalue weighted by Gasteiger charge is -2.23. The number of fused-ring (bicyclic) bond motifs is 1. The van der Waals surface area contributed by atoms with Crippen molar-refractivity contribution >= 4 is 45.6 Å². The van der Waals surface area contributed by atoms with Gasteiger partial charge in [-0.2, -0.15) is 0 Å². The van der Waals surface area contributed by atoms with Crippen molar-refractivity contribution in [2.24, 2.45) is 0 Å². The monoisotopic (exact) mass is 511 g/mol. The molecular weight excluding hydrogens is 482 g/mol. The van der Waals surface area contributed by atoms with Gasteiger partial charge in [-0.15, -0.1) is 23.7 Å². The van der Waals surface area contributed by atoms with E-state index in [2.05, 4.69) is 27.3 Å². The van der Waals surface area contributed by atoms with E-state index in [-0.39, 0.29) is 18.3 Å². The first-order valence-electron chi connectivity index (χ1n) is 11.2. The van der Waals surface area contributed by atoms with Crippen LogP contribution in [0.3, 0.4) is 0 Å². The number of anilines is 1. The summed E-state index contributed by atoms with van der Waals surface area (Å²) < 4.78 is 11.7. The van der Waals surface area contributed by atoms with Crippen molar-refractivity contribution in [2.45, 2.75) is 6.54 Å². The Balaban J connectivity index is 0.00000342. The van der Waals surface area contributed by atoms with Gasteiger partial charge in [0.05, 0.1) is 28.9 Å². The van der Waals surface area contributed by atoms with E-state index in [1.165, 1.54) is 0 Å². The van der Waals surface area contributed by atoms with E-state index < -0.39 is 0 Å². The van der Waals surface area contributed by atoms with E-state index in [0.717, 1.165) is 45.7 Å². The second-order valence-corrected chi connectivity index (χ2v) is 8.88. The zero-order valence-electron chi connectivity index (χ0n) is 19.9. The number of ether oxygens (including phenoxy) is 2. The molecule has 0 spiro atoms. The predicted molar refractivity (Wildman–Crippen MR) is 146 cm³/mol. The number of amides is 1. The summed E-state index contributed by atoms with van der Waals surface area (Å²) in [5.41, 5.74) is 7.36. The van der Waals surface area contributed by atoms with E-state index in [9.17, 15) is 4.79 Å². The van der Waals surface area contributed by atoms with E-state index in [0.29, 0.717) is 25.3 Å². The molecule has 0 atom stereocenters. The normalized spacial score (nSPS) is 10.9. The summed E-state index contributed by atoms with van der Waals surface area (Å²) in [5, 5.41) is 3.02. The zero-order valence-corrected chi connectivity index (χ0v) is 21.5. The van der Waals surface area contributed by atoms with Crippen molar-refractivity contribution in [3.05, 3.63) is 83.4 Å². The molecule has 0 aliphatic heterocycles. The van der Waals surface area contributed by atoms with Crippen molar-refractivity contribution in [2.75, 3.05) is 45.8 Å². The van der Waals surface area contributed by atoms with Crippen molar-refractivity contribution in [3.63, 3.8) is 0 Å². The Morgan fingerprint density at radius 2 is 1.71 bits per heavy atom. The lowest BCUT2D eigenvalue weighted by atomic mass is 9.96. The van der Waals surface area contributed by atoms with Crippen LogP contribution in [0.4, 0.5) is 5.69 Å². The number of methoxy groups -OCH3 is 2. The number of halogens is 1. The van der Waals surface area contributed by atoms with Crippen LogP contribution in [0, 0.1) is 0 Å². The fourth-order valence-corrected chi connectivity index (χ4v) is 4.51. The van der Waals surface area contributed by atoms with E-state index in [4.69, 9.17) is 9.47 Å². The van der Waals surface area contributed by atoms with Gasteiger partial charge >= 0.3 is 0 Å². The number of nitrogens with zero attached hydrogens (tertiary/aromatic N) is 2. The third kappa shape index (κ3) is 7.10. The van der Waals surface area contributed by atoms with Crippen molar-refractivity contribution < 1.29 is 14.3 Å². The molecule has 0 saturated carbocycles. The Morgan fingerprint density at radius 3 is 2.43 bits per heavy atom. The van der Waals surface area contributed by atoms with Crippen LogP contribution >= 0.6 is 23.7 Å². The molecular formula is C27H30ClN3O3S. The molecule has 4 aromatic rings. The molecule has 0 unspecified atom stereocenters. The summed E-state index contributed by atoms with van der Waals surface area (Å²) in [5.74, 6) is -0.143. The van der Waals surface area contributed by atoms with Crippen LogP contribution < -0.4 is 5.32 Å². The first-order valence-corrected chi connectivity index (χ1v) is 12.1. The van der Waals surface area contributed by atoms with E-state index in [1.54, 1.807) is 25.6 Å². The van der Waals surface area contributed by atoms with Crippen molar-refractivity contribution in [1.29, 1.82) is 0 Å². The van der Waals surface area contributed by atoms with Gasteiger partial charge in [0, 0.05) is 45.1 Å². The maximum Gasteiger partial charge on any atom is 0.255 e. The zero-order chi connectivity index (χ0) is 23.8. The number of carbonyl (C=O) groups is 1. The van der Waals surface area contributed by atoms with Gasteiger partial charge in [-0.1, -0.05) is 36.4 Å². The molecule has 1 N–H and O–H groups in total. The number of rotatable bonds is 11. The number of benzene rings is 3. The Morgan fingerprint density at radius 1 is 0.971 bits per heavy atom. The minimum Gasteiger partial charge on any atom is -0.383 e. The molecule has 3 aromatic carbocycles. The minimum atomic E-state index is -0.143. The molecule has 0 fully saturated rings. The van der Waals surface area contributed by atoms with Crippen molar-refractivity contribution in [1.82, 2.24) is 9.88 Å². The average molecular weight is 512 g/mol. The van der Waals surface area contributed by atoms with Crippen LogP contribution in [0.1, 0.15) is 15.9 Å². The highest BCUT2D eigenvalue weighted by atomic mass is 35.5. The van der Waals surface area contributed by atoms with Crippen LogP contribution in [0.2, 0.25) is 0 Å². The quantitative estimate of drug-likeness (QED) is 0.278. The van der Waals surface area contributed by atoms with Gasteiger partial charge < -0.3 is 14.8 Å². The number of hydrogen-bond acceptors (Lipinski definition) is 6. The smallest absolute Gasteiger partial charge is 0.255 e. The molecule has 0 aliphatic carbocycles. The molecule has 0 bridgehead atoms. The molecule has 0 saturated heterocycles. The van der Waals surface area contributed by atoms with Gasteiger partial charge in [0.15, 0.2) is 0 Å². The van der Waals surface area contributed by atoms with Gasteiger partial charge in [0.2, 0.25) is 0 Å². The third-order valence-electron chi connectivity index (χ3n) is 5.66. The molecule has 1 aromatic heterocycles. The number of nitrogens with one attached hydrogen (secondary N) is 1. The lowest BCUT2D eigenvalue weighted by Crippen LogP contribution is -2.30. The van der Waals surface area contributed by atoms with Crippen molar-refractivity contribution in [3.8, 4) is 11.1 Å². The predicted octanol–water partition coefficient (Wildman–Crippen LogP) is 5.73. The summed E-state index contributed by atoms with van der Waals surface area (Å²) in [6.45, 7) is 3.49. The number of aromatic nitrogens is 1. The van der Waals surface area contributed by atoms with Gasteiger partial charge in [-0.05, 0) is 47.0 Å². The molecule has 184 valence electrons. The number of hydrogen-bond donors (Lipinski definition) is 1. The largest absolute Gasteiger partial charge is 0.383 e. The number of thiazole rings is 1. The van der Waals surface area contributed by atoms with Gasteiger partial charge in [-0.3, -0.25) is 9.69 Å². The third-order valence-corrected chi connectivity index (χ3v) is 6.47. The molecule has 1 amide bonds. The Hall–Kier alpha value is -2.81. The Labute approximate surface area is 216 Å². The molecule has 1 heterocycles. The Kier molecular flexibility index (Phi) is 10.2. The summed E-state index contributed by atoms with van der Waals surface area (Å²) in [6, 6.07) is 22.0. The van der Waals surface area contributed by atoms with E-state index >= 15 is 0 Å². The summed E-state index contributed by atoms with van der Waals surface area (Å²) in [7, 11) is 3.41. The SMILES string of the molecule is COCCN(CCOC)Cc1cc(C(=O)Nc2ccc3scnc3c2)ccc1-c1ccccc1.Cl. The maximum absolute atomic E-state index is 13.1. The highest BCUT2D eigenvalue weighted by molar-refractivity contribution is 7.16. The van der Waals surface area contributed by atoms with Crippen LogP contribution in [0.15, 0.2) is 72.2 Å². The average Bonchev–Trinajstić information content (AvgIpc) is 3.34. The second-order valence-electron chi connectivity index (χ2n) is 7.99. The Bertz CT molecular complexity index is 1220. The molecule has 6 nitrogen and oxygen atoms in total. The van der Waals surface area contributed by atoms with Gasteiger partial charge in [-0.25, -0.2) is 4.98 Å². The van der Waals surface area contributed by atoms with Crippen LogP contribution in [0.25, 0.3) is 21.3 Å². The molecule has 8 heteroatoms. The molecule has 0 radical (unpaired) electrons. The number of carbonyl (C=O) groups excluding carboxylic acids is 1. The van der Waals surface area contributed by atoms with Crippen LogP contribution in [-0.2, 0) is 16.0 Å². The molecule has 4 rings (SSSR count). The van der Waals surface area contributed by atoms with Crippen LogP contribution in [0.5, 0.6) is 0 Å². The van der Waals surface area contributed by atoms with Crippen LogP contribution in [-0.4, -0.2) is 56.3 Å². The summed E-state index contributed by atoms with van der Waals surface area (Å²) in [4.78, 5) is 19.8. The maximum atomic E-state index is 13.1. The topological polar surface area (TPSA) is 63.7 Å². The highest BCUT2D eigenvalue weighted by Gasteiger charge is 2.15. The fourth-order valence-electron chi connectivity index (χ4n) is 3.86. The summed E-state index contributed by atoms with van der Waals surface area (Å²) in [6.07, 6.45) is 0. The molecule has 0 aliphatic rings. The summed E-state index contributed by atoms with van der Waals surface area (Å²) >= 11 is 1.58. The van der Waals surface area contributed by atoms with E-state index in [1.807, 2.05) is 60.1 Å². The van der Waals surface area contributed by atoms with Gasteiger partial charge in [0.25, 0.3) is 5.91 Å². The standard InChI is InChI=1S/C27H29N3O3S.ClH/c1-32-14-12-30(13-15-33-2)18-22-16-21(8-10-24(22)20-6-4-3-5-7-20)27(31)29-23-9-11-26-25(17-23)28-19-34-26;/h3-11,16-17,19H,12-15,18H2,1-2H3,(H,29,31);1H. The lowest BCUT2D eigenvalue weighted by molar-refractivity contribution is 0.102. The van der Waals surface area contributed by atoms with Gasteiger partial charge in [0.1, 0.15) is 0 Å². The highest BCUT2D eigenvalue weighted by Crippen LogP contribution is 2.27. The molecule has 35 heavy (non-hydrogen) atoms. The first-order chi connectivity index (χ1) is 16.7.